The molecule has 2 aromatic carbocycles. The molecule has 0 saturated heterocycles. The van der Waals surface area contributed by atoms with Gasteiger partial charge in [-0.15, -0.1) is 11.3 Å². The normalized spacial score (nSPS) is 10.4. The SMILES string of the molecule is CC(=O)Nc1ccc(NC(=O)c2cc(COc3cc(C)ccc3Cl)cs2)cc1. The minimum atomic E-state index is -0.197. The average Bonchev–Trinajstić information content (AvgIpc) is 3.13. The van der Waals surface area contributed by atoms with Crippen molar-refractivity contribution in [2.45, 2.75) is 20.5 Å². The van der Waals surface area contributed by atoms with Crippen LogP contribution in [0.2, 0.25) is 5.02 Å². The molecule has 2 N–H and O–H groups in total. The van der Waals surface area contributed by atoms with Gasteiger partial charge in [-0.2, -0.15) is 0 Å². The number of halogens is 1. The highest BCUT2D eigenvalue weighted by molar-refractivity contribution is 7.12. The Labute approximate surface area is 172 Å². The van der Waals surface area contributed by atoms with E-state index < -0.39 is 0 Å². The average molecular weight is 415 g/mol. The molecule has 0 atom stereocenters. The van der Waals surface area contributed by atoms with Crippen molar-refractivity contribution in [1.29, 1.82) is 0 Å². The van der Waals surface area contributed by atoms with Crippen molar-refractivity contribution < 1.29 is 14.3 Å². The van der Waals surface area contributed by atoms with Gasteiger partial charge in [0.2, 0.25) is 5.91 Å². The molecule has 3 rings (SSSR count). The first-order chi connectivity index (χ1) is 13.4. The molecular formula is C21H19ClN2O3S. The van der Waals surface area contributed by atoms with Crippen LogP contribution in [0.1, 0.15) is 27.7 Å². The van der Waals surface area contributed by atoms with E-state index in [2.05, 4.69) is 10.6 Å². The summed E-state index contributed by atoms with van der Waals surface area (Å²) < 4.78 is 5.77. The van der Waals surface area contributed by atoms with Crippen LogP contribution in [0.25, 0.3) is 0 Å². The molecule has 3 aromatic rings. The Morgan fingerprint density at radius 2 is 1.71 bits per heavy atom. The van der Waals surface area contributed by atoms with Crippen LogP contribution < -0.4 is 15.4 Å². The van der Waals surface area contributed by atoms with Gasteiger partial charge in [0.25, 0.3) is 5.91 Å². The number of nitrogens with one attached hydrogen (secondary N) is 2. The zero-order chi connectivity index (χ0) is 20.1. The zero-order valence-corrected chi connectivity index (χ0v) is 17.0. The van der Waals surface area contributed by atoms with Gasteiger partial charge in [-0.3, -0.25) is 9.59 Å². The van der Waals surface area contributed by atoms with Crippen LogP contribution in [0, 0.1) is 6.92 Å². The zero-order valence-electron chi connectivity index (χ0n) is 15.4. The highest BCUT2D eigenvalue weighted by Crippen LogP contribution is 2.27. The molecule has 5 nitrogen and oxygen atoms in total. The summed E-state index contributed by atoms with van der Waals surface area (Å²) in [6.07, 6.45) is 0. The third-order valence-corrected chi connectivity index (χ3v) is 5.11. The van der Waals surface area contributed by atoms with Gasteiger partial charge in [0, 0.05) is 23.9 Å². The van der Waals surface area contributed by atoms with Gasteiger partial charge in [-0.25, -0.2) is 0 Å². The number of amides is 2. The van der Waals surface area contributed by atoms with E-state index in [1.54, 1.807) is 36.4 Å². The third kappa shape index (κ3) is 5.34. The monoisotopic (exact) mass is 414 g/mol. The van der Waals surface area contributed by atoms with E-state index in [9.17, 15) is 9.59 Å². The number of ether oxygens (including phenoxy) is 1. The van der Waals surface area contributed by atoms with Crippen LogP contribution in [0.3, 0.4) is 0 Å². The number of benzene rings is 2. The predicted octanol–water partition coefficient (Wildman–Crippen LogP) is 5.50. The van der Waals surface area contributed by atoms with E-state index in [0.29, 0.717) is 33.6 Å². The molecule has 0 unspecified atom stereocenters. The summed E-state index contributed by atoms with van der Waals surface area (Å²) in [5.41, 5.74) is 3.29. The minimum absolute atomic E-state index is 0.142. The molecule has 1 aromatic heterocycles. The lowest BCUT2D eigenvalue weighted by Crippen LogP contribution is -2.10. The van der Waals surface area contributed by atoms with E-state index in [1.165, 1.54) is 18.3 Å². The highest BCUT2D eigenvalue weighted by atomic mass is 35.5. The summed E-state index contributed by atoms with van der Waals surface area (Å²) in [6, 6.07) is 14.3. The van der Waals surface area contributed by atoms with Gasteiger partial charge >= 0.3 is 0 Å². The number of hydrogen-bond acceptors (Lipinski definition) is 4. The Hall–Kier alpha value is -2.83. The number of aryl methyl sites for hydroxylation is 1. The summed E-state index contributed by atoms with van der Waals surface area (Å²) in [5, 5.41) is 7.97. The molecule has 0 aliphatic heterocycles. The van der Waals surface area contributed by atoms with Crippen LogP contribution in [0.5, 0.6) is 5.75 Å². The molecule has 0 spiro atoms. The van der Waals surface area contributed by atoms with Crippen molar-refractivity contribution in [2.24, 2.45) is 0 Å². The molecule has 144 valence electrons. The van der Waals surface area contributed by atoms with Crippen LogP contribution in [-0.2, 0) is 11.4 Å². The Bertz CT molecular complexity index is 999. The van der Waals surface area contributed by atoms with Crippen molar-refractivity contribution in [3.63, 3.8) is 0 Å². The first-order valence-electron chi connectivity index (χ1n) is 8.56. The molecule has 0 fully saturated rings. The standard InChI is InChI=1S/C21H19ClN2O3S/c1-13-3-8-18(22)19(9-13)27-11-15-10-20(28-12-15)21(26)24-17-6-4-16(5-7-17)23-14(2)25/h3-10,12H,11H2,1-2H3,(H,23,25)(H,24,26). The summed E-state index contributed by atoms with van der Waals surface area (Å²) in [5.74, 6) is 0.285. The second kappa shape index (κ2) is 8.91. The summed E-state index contributed by atoms with van der Waals surface area (Å²) >= 11 is 7.49. The quantitative estimate of drug-likeness (QED) is 0.559. The van der Waals surface area contributed by atoms with Crippen molar-refractivity contribution in [2.75, 3.05) is 10.6 Å². The van der Waals surface area contributed by atoms with Gasteiger partial charge < -0.3 is 15.4 Å². The molecule has 0 bridgehead atoms. The molecule has 2 amide bonds. The molecule has 28 heavy (non-hydrogen) atoms. The van der Waals surface area contributed by atoms with Crippen LogP contribution in [0.15, 0.2) is 53.9 Å². The summed E-state index contributed by atoms with van der Waals surface area (Å²) in [4.78, 5) is 24.1. The molecule has 0 aliphatic carbocycles. The first-order valence-corrected chi connectivity index (χ1v) is 9.82. The smallest absolute Gasteiger partial charge is 0.265 e. The maximum absolute atomic E-state index is 12.4. The second-order valence-electron chi connectivity index (χ2n) is 6.25. The van der Waals surface area contributed by atoms with Gasteiger partial charge in [-0.1, -0.05) is 17.7 Å². The molecule has 0 aliphatic rings. The fraction of sp³-hybridized carbons (Fsp3) is 0.143. The third-order valence-electron chi connectivity index (χ3n) is 3.82. The van der Waals surface area contributed by atoms with Gasteiger partial charge in [-0.05, 0) is 60.3 Å². The summed E-state index contributed by atoms with van der Waals surface area (Å²) in [7, 11) is 0. The van der Waals surface area contributed by atoms with E-state index in [-0.39, 0.29) is 11.8 Å². The number of carbonyl (C=O) groups excluding carboxylic acids is 2. The van der Waals surface area contributed by atoms with Gasteiger partial charge in [0.15, 0.2) is 0 Å². The van der Waals surface area contributed by atoms with Crippen molar-refractivity contribution in [3.05, 3.63) is 74.9 Å². The maximum atomic E-state index is 12.4. The lowest BCUT2D eigenvalue weighted by Gasteiger charge is -2.07. The van der Waals surface area contributed by atoms with Gasteiger partial charge in [0.05, 0.1) is 9.90 Å². The topological polar surface area (TPSA) is 67.4 Å². The minimum Gasteiger partial charge on any atom is -0.487 e. The molecular weight excluding hydrogens is 396 g/mol. The second-order valence-corrected chi connectivity index (χ2v) is 7.57. The fourth-order valence-corrected chi connectivity index (χ4v) is 3.45. The molecule has 0 saturated carbocycles. The lowest BCUT2D eigenvalue weighted by molar-refractivity contribution is -0.114. The number of hydrogen-bond donors (Lipinski definition) is 2. The van der Waals surface area contributed by atoms with Crippen molar-refractivity contribution in [3.8, 4) is 5.75 Å². The first kappa shape index (κ1) is 19.9. The van der Waals surface area contributed by atoms with Gasteiger partial charge in [0.1, 0.15) is 12.4 Å². The number of carbonyl (C=O) groups is 2. The number of rotatable bonds is 6. The highest BCUT2D eigenvalue weighted by Gasteiger charge is 2.11. The molecule has 1 heterocycles. The Morgan fingerprint density at radius 3 is 2.39 bits per heavy atom. The molecule has 7 heteroatoms. The predicted molar refractivity (Wildman–Crippen MR) is 114 cm³/mol. The van der Waals surface area contributed by atoms with Crippen molar-refractivity contribution >= 4 is 46.1 Å². The van der Waals surface area contributed by atoms with Crippen LogP contribution in [-0.4, -0.2) is 11.8 Å². The van der Waals surface area contributed by atoms with Crippen LogP contribution >= 0.6 is 22.9 Å². The van der Waals surface area contributed by atoms with Crippen LogP contribution in [0.4, 0.5) is 11.4 Å². The van der Waals surface area contributed by atoms with Crippen molar-refractivity contribution in [1.82, 2.24) is 0 Å². The summed E-state index contributed by atoms with van der Waals surface area (Å²) in [6.45, 7) is 3.75. The van der Waals surface area contributed by atoms with E-state index in [4.69, 9.17) is 16.3 Å². The molecule has 0 radical (unpaired) electrons. The lowest BCUT2D eigenvalue weighted by atomic mass is 10.2. The van der Waals surface area contributed by atoms with E-state index >= 15 is 0 Å². The Balaban J connectivity index is 1.59. The van der Waals surface area contributed by atoms with E-state index in [1.807, 2.05) is 24.4 Å². The number of thiophene rings is 1. The largest absolute Gasteiger partial charge is 0.487 e. The van der Waals surface area contributed by atoms with E-state index in [0.717, 1.165) is 11.1 Å². The number of anilines is 2. The maximum Gasteiger partial charge on any atom is 0.265 e. The Kier molecular flexibility index (Phi) is 6.34. The Morgan fingerprint density at radius 1 is 1.04 bits per heavy atom. The fourth-order valence-electron chi connectivity index (χ4n) is 2.49.